The average Bonchev–Trinajstić information content (AvgIpc) is 2.79. The maximum absolute atomic E-state index is 12.5. The molecular weight excluding hydrogens is 464 g/mol. The van der Waals surface area contributed by atoms with E-state index in [1.165, 1.54) is 20.2 Å². The number of ether oxygens (including phenoxy) is 1. The molecule has 1 amide bonds. The number of carbonyl (C=O) groups excluding carboxylic acids is 2. The van der Waals surface area contributed by atoms with Crippen molar-refractivity contribution in [3.05, 3.63) is 88.4 Å². The molecule has 0 aromatic heterocycles. The van der Waals surface area contributed by atoms with E-state index in [1.54, 1.807) is 67.6 Å². The molecule has 0 saturated heterocycles. The molecule has 3 aromatic rings. The second-order valence-corrected chi connectivity index (χ2v) is 10.0. The number of halogens is 1. The molecule has 0 radical (unpaired) electrons. The van der Waals surface area contributed by atoms with Gasteiger partial charge in [0.2, 0.25) is 10.0 Å². The number of aryl methyl sites for hydroxylation is 1. The van der Waals surface area contributed by atoms with Gasteiger partial charge in [-0.3, -0.25) is 9.59 Å². The van der Waals surface area contributed by atoms with E-state index < -0.39 is 15.9 Å². The molecule has 0 atom stereocenters. The zero-order valence-electron chi connectivity index (χ0n) is 18.3. The molecule has 3 rings (SSSR count). The summed E-state index contributed by atoms with van der Waals surface area (Å²) < 4.78 is 31.5. The third kappa shape index (κ3) is 5.98. The van der Waals surface area contributed by atoms with Crippen LogP contribution in [0.1, 0.15) is 21.5 Å². The molecule has 7 nitrogen and oxygen atoms in total. The van der Waals surface area contributed by atoms with Gasteiger partial charge in [-0.15, -0.1) is 0 Å². The fourth-order valence-electron chi connectivity index (χ4n) is 2.97. The van der Waals surface area contributed by atoms with Crippen LogP contribution in [0.3, 0.4) is 0 Å². The largest absolute Gasteiger partial charge is 0.484 e. The minimum absolute atomic E-state index is 0.118. The first-order valence-electron chi connectivity index (χ1n) is 9.94. The van der Waals surface area contributed by atoms with Crippen molar-refractivity contribution in [1.82, 2.24) is 4.31 Å². The van der Waals surface area contributed by atoms with Gasteiger partial charge in [0.25, 0.3) is 5.91 Å². The lowest BCUT2D eigenvalue weighted by atomic mass is 10.0. The summed E-state index contributed by atoms with van der Waals surface area (Å²) in [5.74, 6) is -0.190. The molecule has 1 N–H and O–H groups in total. The summed E-state index contributed by atoms with van der Waals surface area (Å²) in [4.78, 5) is 24.9. The second-order valence-electron chi connectivity index (χ2n) is 7.46. The smallest absolute Gasteiger partial charge is 0.262 e. The average molecular weight is 487 g/mol. The second kappa shape index (κ2) is 10.2. The first kappa shape index (κ1) is 24.4. The van der Waals surface area contributed by atoms with Gasteiger partial charge in [0, 0.05) is 35.9 Å². The van der Waals surface area contributed by atoms with Gasteiger partial charge >= 0.3 is 0 Å². The molecule has 0 aliphatic carbocycles. The van der Waals surface area contributed by atoms with E-state index in [-0.39, 0.29) is 17.3 Å². The van der Waals surface area contributed by atoms with E-state index in [0.717, 1.165) is 4.31 Å². The molecule has 0 fully saturated rings. The molecule has 0 heterocycles. The van der Waals surface area contributed by atoms with Gasteiger partial charge in [0.05, 0.1) is 4.90 Å². The molecule has 0 unspecified atom stereocenters. The van der Waals surface area contributed by atoms with Crippen molar-refractivity contribution in [2.45, 2.75) is 11.8 Å². The zero-order chi connectivity index (χ0) is 24.2. The Bertz CT molecular complexity index is 1270. The lowest BCUT2D eigenvalue weighted by Gasteiger charge is -2.15. The topological polar surface area (TPSA) is 92.8 Å². The normalized spacial score (nSPS) is 11.3. The Morgan fingerprint density at radius 2 is 1.52 bits per heavy atom. The van der Waals surface area contributed by atoms with Crippen LogP contribution in [0.4, 0.5) is 5.69 Å². The zero-order valence-corrected chi connectivity index (χ0v) is 19.9. The summed E-state index contributed by atoms with van der Waals surface area (Å²) in [6.07, 6.45) is 0. The van der Waals surface area contributed by atoms with E-state index in [1.807, 2.05) is 0 Å². The molecular formula is C24H23ClN2O5S. The van der Waals surface area contributed by atoms with Gasteiger partial charge in [-0.2, -0.15) is 0 Å². The van der Waals surface area contributed by atoms with Crippen molar-refractivity contribution in [2.24, 2.45) is 0 Å². The summed E-state index contributed by atoms with van der Waals surface area (Å²) in [5, 5.41) is 3.19. The molecule has 0 aliphatic rings. The van der Waals surface area contributed by atoms with Crippen LogP contribution in [0.5, 0.6) is 5.75 Å². The fraction of sp³-hybridized carbons (Fsp3) is 0.167. The number of anilines is 1. The van der Waals surface area contributed by atoms with Crippen LogP contribution in [-0.4, -0.2) is 45.1 Å². The van der Waals surface area contributed by atoms with E-state index in [0.29, 0.717) is 33.1 Å². The van der Waals surface area contributed by atoms with Crippen LogP contribution in [0.25, 0.3) is 0 Å². The van der Waals surface area contributed by atoms with E-state index in [4.69, 9.17) is 16.3 Å². The number of benzene rings is 3. The Morgan fingerprint density at radius 3 is 2.09 bits per heavy atom. The highest BCUT2D eigenvalue weighted by Gasteiger charge is 2.20. The number of hydrogen-bond donors (Lipinski definition) is 1. The third-order valence-corrected chi connectivity index (χ3v) is 7.03. The van der Waals surface area contributed by atoms with Crippen LogP contribution >= 0.6 is 11.6 Å². The Hall–Kier alpha value is -3.20. The summed E-state index contributed by atoms with van der Waals surface area (Å²) in [6.45, 7) is 1.40. The minimum Gasteiger partial charge on any atom is -0.484 e. The quantitative estimate of drug-likeness (QED) is 0.483. The molecule has 3 aromatic carbocycles. The van der Waals surface area contributed by atoms with Crippen molar-refractivity contribution in [3.63, 3.8) is 0 Å². The van der Waals surface area contributed by atoms with Crippen LogP contribution in [-0.2, 0) is 14.8 Å². The highest BCUT2D eigenvalue weighted by atomic mass is 35.5. The highest BCUT2D eigenvalue weighted by molar-refractivity contribution is 7.89. The molecule has 0 saturated carbocycles. The molecule has 0 aliphatic heterocycles. The maximum atomic E-state index is 12.5. The van der Waals surface area contributed by atoms with Crippen molar-refractivity contribution in [3.8, 4) is 5.75 Å². The summed E-state index contributed by atoms with van der Waals surface area (Å²) >= 11 is 5.85. The number of rotatable bonds is 8. The lowest BCUT2D eigenvalue weighted by molar-refractivity contribution is -0.118. The molecule has 172 valence electrons. The number of ketones is 1. The fourth-order valence-corrected chi connectivity index (χ4v) is 4.24. The first-order valence-corrected chi connectivity index (χ1v) is 11.8. The van der Waals surface area contributed by atoms with E-state index in [9.17, 15) is 18.0 Å². The summed E-state index contributed by atoms with van der Waals surface area (Å²) in [7, 11) is -0.745. The number of hydrogen-bond acceptors (Lipinski definition) is 5. The first-order chi connectivity index (χ1) is 15.6. The third-order valence-electron chi connectivity index (χ3n) is 4.82. The summed E-state index contributed by atoms with van der Waals surface area (Å²) in [5.41, 5.74) is 1.91. The van der Waals surface area contributed by atoms with Crippen LogP contribution in [0.2, 0.25) is 5.02 Å². The van der Waals surface area contributed by atoms with Gasteiger partial charge in [0.15, 0.2) is 12.4 Å². The van der Waals surface area contributed by atoms with Crippen LogP contribution in [0, 0.1) is 6.92 Å². The van der Waals surface area contributed by atoms with Crippen molar-refractivity contribution >= 4 is 39.0 Å². The summed E-state index contributed by atoms with van der Waals surface area (Å²) in [6, 6.07) is 17.7. The predicted octanol–water partition coefficient (Wildman–Crippen LogP) is 4.15. The van der Waals surface area contributed by atoms with Crippen LogP contribution < -0.4 is 10.1 Å². The Balaban J connectivity index is 1.61. The van der Waals surface area contributed by atoms with Crippen molar-refractivity contribution in [1.29, 1.82) is 0 Å². The van der Waals surface area contributed by atoms with E-state index >= 15 is 0 Å². The minimum atomic E-state index is -3.64. The number of carbonyl (C=O) groups is 2. The standard InChI is InChI=1S/C24H23ClN2O5S/c1-16-4-11-20(14-22(16)33(30,31)27(2)3)26-23(28)15-32-21-12-7-18(8-13-21)24(29)17-5-9-19(25)10-6-17/h4-14H,15H2,1-3H3,(H,26,28). The van der Waals surface area contributed by atoms with Crippen molar-refractivity contribution < 1.29 is 22.7 Å². The Morgan fingerprint density at radius 1 is 0.939 bits per heavy atom. The molecule has 0 bridgehead atoms. The van der Waals surface area contributed by atoms with E-state index in [2.05, 4.69) is 5.32 Å². The molecule has 33 heavy (non-hydrogen) atoms. The Labute approximate surface area is 198 Å². The van der Waals surface area contributed by atoms with Gasteiger partial charge in [0.1, 0.15) is 5.75 Å². The van der Waals surface area contributed by atoms with Gasteiger partial charge in [-0.1, -0.05) is 17.7 Å². The SMILES string of the molecule is Cc1ccc(NC(=O)COc2ccc(C(=O)c3ccc(Cl)cc3)cc2)cc1S(=O)(=O)N(C)C. The monoisotopic (exact) mass is 486 g/mol. The lowest BCUT2D eigenvalue weighted by Crippen LogP contribution is -2.24. The number of sulfonamides is 1. The maximum Gasteiger partial charge on any atom is 0.262 e. The van der Waals surface area contributed by atoms with Crippen molar-refractivity contribution in [2.75, 3.05) is 26.0 Å². The molecule has 0 spiro atoms. The predicted molar refractivity (Wildman–Crippen MR) is 128 cm³/mol. The van der Waals surface area contributed by atoms with Gasteiger partial charge < -0.3 is 10.1 Å². The van der Waals surface area contributed by atoms with Crippen LogP contribution in [0.15, 0.2) is 71.6 Å². The van der Waals surface area contributed by atoms with Gasteiger partial charge in [-0.25, -0.2) is 12.7 Å². The Kier molecular flexibility index (Phi) is 7.53. The van der Waals surface area contributed by atoms with Gasteiger partial charge in [-0.05, 0) is 73.2 Å². The number of nitrogens with one attached hydrogen (secondary N) is 1. The number of amides is 1. The number of nitrogens with zero attached hydrogens (tertiary/aromatic N) is 1. The molecule has 9 heteroatoms. The highest BCUT2D eigenvalue weighted by Crippen LogP contribution is 2.22.